The maximum Gasteiger partial charge on any atom is 0.0443 e. The van der Waals surface area contributed by atoms with E-state index in [9.17, 15) is 0 Å². The van der Waals surface area contributed by atoms with Crippen LogP contribution in [0.25, 0.3) is 0 Å². The summed E-state index contributed by atoms with van der Waals surface area (Å²) < 4.78 is 0. The maximum atomic E-state index is 3.51. The number of fused-ring (bicyclic) bond motifs is 1. The van der Waals surface area contributed by atoms with Gasteiger partial charge < -0.3 is 10.2 Å². The molecule has 1 N–H and O–H groups in total. The third kappa shape index (κ3) is 2.03. The minimum atomic E-state index is 0.678. The van der Waals surface area contributed by atoms with Crippen LogP contribution in [0.5, 0.6) is 0 Å². The fourth-order valence-corrected chi connectivity index (χ4v) is 3.75. The van der Waals surface area contributed by atoms with Gasteiger partial charge in [-0.25, -0.2) is 0 Å². The molecule has 1 saturated carbocycles. The van der Waals surface area contributed by atoms with Crippen LogP contribution < -0.4 is 10.2 Å². The van der Waals surface area contributed by atoms with Crippen molar-refractivity contribution in [3.63, 3.8) is 0 Å². The molecule has 1 fully saturated rings. The highest BCUT2D eigenvalue weighted by Crippen LogP contribution is 2.34. The highest BCUT2D eigenvalue weighted by Gasteiger charge is 2.33. The van der Waals surface area contributed by atoms with Gasteiger partial charge in [-0.15, -0.1) is 0 Å². The minimum Gasteiger partial charge on any atom is -0.367 e. The van der Waals surface area contributed by atoms with E-state index in [2.05, 4.69) is 42.4 Å². The normalized spacial score (nSPS) is 27.3. The number of nitrogens with zero attached hydrogens (tertiary/aromatic N) is 1. The lowest BCUT2D eigenvalue weighted by molar-refractivity contribution is 0.470. The summed E-state index contributed by atoms with van der Waals surface area (Å²) in [5.74, 6) is 0. The maximum absolute atomic E-state index is 3.51. The third-order valence-electron chi connectivity index (χ3n) is 4.64. The molecule has 2 heteroatoms. The first-order valence-electron chi connectivity index (χ1n) is 7.33. The van der Waals surface area contributed by atoms with Crippen molar-refractivity contribution in [2.24, 2.45) is 0 Å². The van der Waals surface area contributed by atoms with E-state index >= 15 is 0 Å². The van der Waals surface area contributed by atoms with E-state index in [-0.39, 0.29) is 0 Å². The predicted octanol–water partition coefficient (Wildman–Crippen LogP) is 2.89. The molecule has 0 saturated heterocycles. The molecular weight excluding hydrogens is 220 g/mol. The molecule has 0 bridgehead atoms. The molecule has 0 aromatic heterocycles. The van der Waals surface area contributed by atoms with E-state index in [0.717, 1.165) is 0 Å². The van der Waals surface area contributed by atoms with Gasteiger partial charge in [-0.2, -0.15) is 0 Å². The van der Waals surface area contributed by atoms with Gasteiger partial charge in [0.05, 0.1) is 0 Å². The first-order valence-corrected chi connectivity index (χ1v) is 7.33. The van der Waals surface area contributed by atoms with Crippen molar-refractivity contribution in [1.29, 1.82) is 0 Å². The molecule has 2 atom stereocenters. The number of hydrogen-bond donors (Lipinski definition) is 1. The molecule has 2 aliphatic rings. The van der Waals surface area contributed by atoms with Crippen molar-refractivity contribution in [1.82, 2.24) is 5.32 Å². The van der Waals surface area contributed by atoms with Crippen molar-refractivity contribution < 1.29 is 0 Å². The molecule has 1 aromatic carbocycles. The Bertz CT molecular complexity index is 427. The zero-order valence-corrected chi connectivity index (χ0v) is 11.6. The van der Waals surface area contributed by atoms with Crippen LogP contribution in [0.15, 0.2) is 18.2 Å². The molecule has 0 amide bonds. The molecule has 18 heavy (non-hydrogen) atoms. The smallest absolute Gasteiger partial charge is 0.0443 e. The number of anilines is 1. The molecule has 2 nitrogen and oxygen atoms in total. The summed E-state index contributed by atoms with van der Waals surface area (Å²) in [5.41, 5.74) is 4.45. The first-order chi connectivity index (χ1) is 8.79. The first kappa shape index (κ1) is 12.0. The largest absolute Gasteiger partial charge is 0.367 e. The second kappa shape index (κ2) is 4.93. The van der Waals surface area contributed by atoms with Gasteiger partial charge in [0, 0.05) is 24.3 Å². The second-order valence-corrected chi connectivity index (χ2v) is 5.82. The van der Waals surface area contributed by atoms with Gasteiger partial charge in [0.2, 0.25) is 0 Å². The van der Waals surface area contributed by atoms with E-state index in [0.29, 0.717) is 12.1 Å². The molecule has 1 heterocycles. The van der Waals surface area contributed by atoms with Crippen molar-refractivity contribution in [3.8, 4) is 0 Å². The SMILES string of the molecule is CNC1CCCC1N1CCCc2cc(C)ccc21. The van der Waals surface area contributed by atoms with Crippen LogP contribution in [-0.2, 0) is 6.42 Å². The van der Waals surface area contributed by atoms with Crippen LogP contribution in [0.3, 0.4) is 0 Å². The van der Waals surface area contributed by atoms with Gasteiger partial charge in [0.15, 0.2) is 0 Å². The Morgan fingerprint density at radius 3 is 2.94 bits per heavy atom. The van der Waals surface area contributed by atoms with Gasteiger partial charge >= 0.3 is 0 Å². The molecule has 3 rings (SSSR count). The Balaban J connectivity index is 1.91. The zero-order chi connectivity index (χ0) is 12.5. The van der Waals surface area contributed by atoms with Crippen molar-refractivity contribution in [2.45, 2.75) is 51.1 Å². The van der Waals surface area contributed by atoms with Gasteiger partial charge in [-0.05, 0) is 57.7 Å². The fourth-order valence-electron chi connectivity index (χ4n) is 3.75. The van der Waals surface area contributed by atoms with Crippen molar-refractivity contribution in [2.75, 3.05) is 18.5 Å². The summed E-state index contributed by atoms with van der Waals surface area (Å²) in [7, 11) is 2.11. The Hall–Kier alpha value is -1.02. The van der Waals surface area contributed by atoms with Crippen LogP contribution in [-0.4, -0.2) is 25.7 Å². The molecule has 0 radical (unpaired) electrons. The Kier molecular flexibility index (Phi) is 3.29. The topological polar surface area (TPSA) is 15.3 Å². The van der Waals surface area contributed by atoms with E-state index in [1.807, 2.05) is 0 Å². The molecule has 1 aromatic rings. The average Bonchev–Trinajstić information content (AvgIpc) is 2.85. The minimum absolute atomic E-state index is 0.678. The number of nitrogens with one attached hydrogen (secondary N) is 1. The number of rotatable bonds is 2. The van der Waals surface area contributed by atoms with E-state index in [1.165, 1.54) is 49.9 Å². The van der Waals surface area contributed by atoms with Crippen LogP contribution in [0.2, 0.25) is 0 Å². The van der Waals surface area contributed by atoms with Crippen LogP contribution >= 0.6 is 0 Å². The number of hydrogen-bond acceptors (Lipinski definition) is 2. The fraction of sp³-hybridized carbons (Fsp3) is 0.625. The average molecular weight is 244 g/mol. The van der Waals surface area contributed by atoms with Crippen LogP contribution in [0.1, 0.15) is 36.8 Å². The Morgan fingerprint density at radius 2 is 2.11 bits per heavy atom. The highest BCUT2D eigenvalue weighted by atomic mass is 15.2. The van der Waals surface area contributed by atoms with Crippen LogP contribution in [0.4, 0.5) is 5.69 Å². The van der Waals surface area contributed by atoms with E-state index in [4.69, 9.17) is 0 Å². The van der Waals surface area contributed by atoms with Crippen molar-refractivity contribution in [3.05, 3.63) is 29.3 Å². The monoisotopic (exact) mass is 244 g/mol. The molecule has 1 aliphatic heterocycles. The standard InChI is InChI=1S/C16H24N2/c1-12-8-9-15-13(11-12)5-4-10-18(15)16-7-3-6-14(16)17-2/h8-9,11,14,16-17H,3-7,10H2,1-2H3. The molecule has 0 spiro atoms. The Morgan fingerprint density at radius 1 is 1.22 bits per heavy atom. The number of benzene rings is 1. The lowest BCUT2D eigenvalue weighted by Crippen LogP contribution is -2.47. The molecule has 98 valence electrons. The van der Waals surface area contributed by atoms with E-state index in [1.54, 1.807) is 5.56 Å². The predicted molar refractivity (Wildman–Crippen MR) is 77.3 cm³/mol. The summed E-state index contributed by atoms with van der Waals surface area (Å²) in [5, 5.41) is 3.51. The third-order valence-corrected chi connectivity index (χ3v) is 4.64. The summed E-state index contributed by atoms with van der Waals surface area (Å²) in [6.45, 7) is 3.43. The van der Waals surface area contributed by atoms with Crippen molar-refractivity contribution >= 4 is 5.69 Å². The number of likely N-dealkylation sites (N-methyl/N-ethyl adjacent to an activating group) is 1. The van der Waals surface area contributed by atoms with Gasteiger partial charge in [0.25, 0.3) is 0 Å². The summed E-state index contributed by atoms with van der Waals surface area (Å²) in [6, 6.07) is 8.37. The number of aryl methyl sites for hydroxylation is 2. The molecule has 2 unspecified atom stereocenters. The highest BCUT2D eigenvalue weighted by molar-refractivity contribution is 5.57. The second-order valence-electron chi connectivity index (χ2n) is 5.82. The lowest BCUT2D eigenvalue weighted by Gasteiger charge is -2.39. The molecule has 1 aliphatic carbocycles. The summed E-state index contributed by atoms with van der Waals surface area (Å²) >= 11 is 0. The van der Waals surface area contributed by atoms with Gasteiger partial charge in [-0.1, -0.05) is 17.7 Å². The van der Waals surface area contributed by atoms with E-state index < -0.39 is 0 Å². The van der Waals surface area contributed by atoms with Gasteiger partial charge in [-0.3, -0.25) is 0 Å². The van der Waals surface area contributed by atoms with Crippen LogP contribution in [0, 0.1) is 6.92 Å². The lowest BCUT2D eigenvalue weighted by atomic mass is 9.97. The quantitative estimate of drug-likeness (QED) is 0.860. The zero-order valence-electron chi connectivity index (χ0n) is 11.6. The summed E-state index contributed by atoms with van der Waals surface area (Å²) in [4.78, 5) is 2.67. The summed E-state index contributed by atoms with van der Waals surface area (Å²) in [6.07, 6.45) is 6.61. The molecular formula is C16H24N2. The Labute approximate surface area is 110 Å². The van der Waals surface area contributed by atoms with Gasteiger partial charge in [0.1, 0.15) is 0 Å².